The fourth-order valence-corrected chi connectivity index (χ4v) is 6.00. The Bertz CT molecular complexity index is 1100. The van der Waals surface area contributed by atoms with Gasteiger partial charge in [-0.25, -0.2) is 0 Å². The van der Waals surface area contributed by atoms with Crippen LogP contribution in [-0.4, -0.2) is 23.1 Å². The molecule has 4 nitrogen and oxygen atoms in total. The number of aryl methyl sites for hydroxylation is 1. The van der Waals surface area contributed by atoms with Crippen molar-refractivity contribution in [2.75, 3.05) is 17.6 Å². The van der Waals surface area contributed by atoms with Crippen molar-refractivity contribution in [2.45, 2.75) is 44.2 Å². The lowest BCUT2D eigenvalue weighted by molar-refractivity contribution is -0.116. The van der Waals surface area contributed by atoms with Crippen LogP contribution in [0, 0.1) is 18.3 Å². The molecule has 0 fully saturated rings. The highest BCUT2D eigenvalue weighted by molar-refractivity contribution is 7.99. The Kier molecular flexibility index (Phi) is 7.64. The summed E-state index contributed by atoms with van der Waals surface area (Å²) < 4.78 is 0. The summed E-state index contributed by atoms with van der Waals surface area (Å²) in [7, 11) is 0. The summed E-state index contributed by atoms with van der Waals surface area (Å²) in [4.78, 5) is 17.4. The van der Waals surface area contributed by atoms with Crippen LogP contribution in [0.25, 0.3) is 0 Å². The monoisotopic (exact) mass is 461 g/mol. The third-order valence-electron chi connectivity index (χ3n) is 5.59. The number of thioether (sulfide) groups is 1. The van der Waals surface area contributed by atoms with Gasteiger partial charge in [-0.05, 0) is 48.8 Å². The van der Waals surface area contributed by atoms with Crippen LogP contribution >= 0.6 is 23.1 Å². The van der Waals surface area contributed by atoms with Crippen LogP contribution in [-0.2, 0) is 24.3 Å². The number of hydrogen-bond donors (Lipinski definition) is 1. The minimum absolute atomic E-state index is 0.00857. The van der Waals surface area contributed by atoms with Crippen molar-refractivity contribution < 1.29 is 4.79 Å². The molecule has 3 aromatic rings. The minimum atomic E-state index is -0.00857. The SMILES string of the molecule is Cc1ccc(SCCCC(=O)Nc2sc3c(c2C#N)CCN(Cc2ccccc2)C3)cc1. The Hall–Kier alpha value is -2.59. The van der Waals surface area contributed by atoms with Gasteiger partial charge < -0.3 is 5.32 Å². The normalized spacial score (nSPS) is 13.4. The zero-order chi connectivity index (χ0) is 22.3. The molecule has 0 spiro atoms. The molecule has 0 bridgehead atoms. The molecule has 0 aliphatic carbocycles. The first-order valence-electron chi connectivity index (χ1n) is 10.9. The molecular formula is C26H27N3OS2. The molecule has 1 aliphatic heterocycles. The molecule has 2 heterocycles. The molecule has 0 unspecified atom stereocenters. The van der Waals surface area contributed by atoms with Crippen molar-refractivity contribution in [3.63, 3.8) is 0 Å². The molecule has 0 saturated heterocycles. The van der Waals surface area contributed by atoms with Gasteiger partial charge in [0.05, 0.1) is 5.56 Å². The Morgan fingerprint density at radius 2 is 1.97 bits per heavy atom. The number of amides is 1. The van der Waals surface area contributed by atoms with E-state index in [2.05, 4.69) is 71.7 Å². The van der Waals surface area contributed by atoms with Crippen LogP contribution in [0.1, 0.15) is 40.0 Å². The standard InChI is InChI=1S/C26H27N3OS2/c1-19-9-11-21(12-10-19)31-15-5-8-25(30)28-26-23(16-27)22-13-14-29(18-24(22)32-26)17-20-6-3-2-4-7-20/h2-4,6-7,9-12H,5,8,13-15,17-18H2,1H3,(H,28,30). The molecule has 1 N–H and O–H groups in total. The molecule has 1 amide bonds. The summed E-state index contributed by atoms with van der Waals surface area (Å²) >= 11 is 3.34. The smallest absolute Gasteiger partial charge is 0.225 e. The molecular weight excluding hydrogens is 434 g/mol. The molecule has 1 aromatic heterocycles. The lowest BCUT2D eigenvalue weighted by Gasteiger charge is -2.26. The predicted octanol–water partition coefficient (Wildman–Crippen LogP) is 6.00. The van der Waals surface area contributed by atoms with Gasteiger partial charge in [-0.3, -0.25) is 9.69 Å². The Morgan fingerprint density at radius 3 is 2.72 bits per heavy atom. The highest BCUT2D eigenvalue weighted by Gasteiger charge is 2.25. The molecule has 4 rings (SSSR count). The Balaban J connectivity index is 1.30. The number of hydrogen-bond acceptors (Lipinski definition) is 5. The van der Waals surface area contributed by atoms with Crippen molar-refractivity contribution in [1.29, 1.82) is 5.26 Å². The number of nitriles is 1. The second-order valence-corrected chi connectivity index (χ2v) is 10.4. The number of benzene rings is 2. The van der Waals surface area contributed by atoms with Gasteiger partial charge in [0.2, 0.25) is 5.91 Å². The van der Waals surface area contributed by atoms with E-state index in [0.717, 1.165) is 48.8 Å². The van der Waals surface area contributed by atoms with E-state index in [1.165, 1.54) is 20.9 Å². The maximum atomic E-state index is 12.5. The van der Waals surface area contributed by atoms with Crippen LogP contribution in [0.2, 0.25) is 0 Å². The molecule has 0 radical (unpaired) electrons. The third-order valence-corrected chi connectivity index (χ3v) is 7.82. The number of anilines is 1. The van der Waals surface area contributed by atoms with Crippen LogP contribution in [0.4, 0.5) is 5.00 Å². The zero-order valence-corrected chi connectivity index (χ0v) is 19.9. The fraction of sp³-hybridized carbons (Fsp3) is 0.308. The van der Waals surface area contributed by atoms with Crippen molar-refractivity contribution in [1.82, 2.24) is 4.90 Å². The second-order valence-electron chi connectivity index (χ2n) is 8.08. The first-order valence-corrected chi connectivity index (χ1v) is 12.7. The number of carbonyl (C=O) groups excluding carboxylic acids is 1. The van der Waals surface area contributed by atoms with Crippen molar-refractivity contribution in [2.24, 2.45) is 0 Å². The summed E-state index contributed by atoms with van der Waals surface area (Å²) in [6.45, 7) is 4.74. The van der Waals surface area contributed by atoms with Gasteiger partial charge in [0.15, 0.2) is 0 Å². The first kappa shape index (κ1) is 22.6. The van der Waals surface area contributed by atoms with E-state index in [-0.39, 0.29) is 5.91 Å². The Morgan fingerprint density at radius 1 is 1.19 bits per heavy atom. The van der Waals surface area contributed by atoms with Crippen molar-refractivity contribution in [3.05, 3.63) is 81.7 Å². The molecule has 0 saturated carbocycles. The minimum Gasteiger partial charge on any atom is -0.317 e. The summed E-state index contributed by atoms with van der Waals surface area (Å²) in [6, 6.07) is 21.3. The highest BCUT2D eigenvalue weighted by Crippen LogP contribution is 2.37. The topological polar surface area (TPSA) is 56.1 Å². The number of thiophene rings is 1. The lowest BCUT2D eigenvalue weighted by atomic mass is 10.0. The molecule has 2 aromatic carbocycles. The van der Waals surface area contributed by atoms with Crippen LogP contribution in [0.3, 0.4) is 0 Å². The zero-order valence-electron chi connectivity index (χ0n) is 18.3. The van der Waals surface area contributed by atoms with E-state index < -0.39 is 0 Å². The summed E-state index contributed by atoms with van der Waals surface area (Å²) in [5.41, 5.74) is 4.33. The van der Waals surface area contributed by atoms with Crippen LogP contribution < -0.4 is 5.32 Å². The van der Waals surface area contributed by atoms with E-state index in [0.29, 0.717) is 12.0 Å². The van der Waals surface area contributed by atoms with Gasteiger partial charge >= 0.3 is 0 Å². The third kappa shape index (κ3) is 5.80. The average Bonchev–Trinajstić information content (AvgIpc) is 3.14. The molecule has 6 heteroatoms. The molecule has 164 valence electrons. The van der Waals surface area contributed by atoms with E-state index in [9.17, 15) is 10.1 Å². The van der Waals surface area contributed by atoms with Crippen molar-refractivity contribution in [3.8, 4) is 6.07 Å². The number of nitrogens with zero attached hydrogens (tertiary/aromatic N) is 2. The summed E-state index contributed by atoms with van der Waals surface area (Å²) in [5.74, 6) is 0.891. The van der Waals surface area contributed by atoms with Gasteiger partial charge in [-0.1, -0.05) is 48.0 Å². The lowest BCUT2D eigenvalue weighted by Crippen LogP contribution is -2.29. The van der Waals surface area contributed by atoms with E-state index in [1.54, 1.807) is 23.1 Å². The summed E-state index contributed by atoms with van der Waals surface area (Å²) in [5, 5.41) is 13.5. The first-order chi connectivity index (χ1) is 15.6. The van der Waals surface area contributed by atoms with E-state index >= 15 is 0 Å². The van der Waals surface area contributed by atoms with Gasteiger partial charge in [-0.15, -0.1) is 23.1 Å². The van der Waals surface area contributed by atoms with Gasteiger partial charge in [0.25, 0.3) is 0 Å². The maximum Gasteiger partial charge on any atom is 0.225 e. The van der Waals surface area contributed by atoms with Crippen LogP contribution in [0.15, 0.2) is 59.5 Å². The largest absolute Gasteiger partial charge is 0.317 e. The predicted molar refractivity (Wildman–Crippen MR) is 133 cm³/mol. The number of fused-ring (bicyclic) bond motifs is 1. The maximum absolute atomic E-state index is 12.5. The second kappa shape index (κ2) is 10.8. The molecule has 1 aliphatic rings. The van der Waals surface area contributed by atoms with E-state index in [4.69, 9.17) is 0 Å². The highest BCUT2D eigenvalue weighted by atomic mass is 32.2. The number of nitrogens with one attached hydrogen (secondary N) is 1. The Labute approximate surface area is 198 Å². The molecule has 0 atom stereocenters. The summed E-state index contributed by atoms with van der Waals surface area (Å²) in [6.07, 6.45) is 2.12. The number of rotatable bonds is 8. The van der Waals surface area contributed by atoms with Crippen molar-refractivity contribution >= 4 is 34.0 Å². The number of carbonyl (C=O) groups is 1. The van der Waals surface area contributed by atoms with Gasteiger partial charge in [0, 0.05) is 35.8 Å². The van der Waals surface area contributed by atoms with Gasteiger partial charge in [0.1, 0.15) is 11.1 Å². The average molecular weight is 462 g/mol. The quantitative estimate of drug-likeness (QED) is 0.330. The van der Waals surface area contributed by atoms with E-state index in [1.807, 2.05) is 6.07 Å². The molecule has 32 heavy (non-hydrogen) atoms. The van der Waals surface area contributed by atoms with Crippen LogP contribution in [0.5, 0.6) is 0 Å². The van der Waals surface area contributed by atoms with Gasteiger partial charge in [-0.2, -0.15) is 5.26 Å². The fourth-order valence-electron chi connectivity index (χ4n) is 3.89.